The van der Waals surface area contributed by atoms with Crippen molar-refractivity contribution in [2.75, 3.05) is 11.9 Å². The number of amidine groups is 1. The van der Waals surface area contributed by atoms with Crippen LogP contribution in [0.3, 0.4) is 0 Å². The molecule has 1 unspecified atom stereocenters. The lowest BCUT2D eigenvalue weighted by molar-refractivity contribution is 0.479. The zero-order chi connectivity index (χ0) is 13.8. The topological polar surface area (TPSA) is 24.4 Å². The van der Waals surface area contributed by atoms with Crippen LogP contribution in [-0.4, -0.2) is 17.0 Å². The molecule has 0 aliphatic carbocycles. The molecule has 5 heteroatoms. The summed E-state index contributed by atoms with van der Waals surface area (Å²) in [5, 5.41) is 4.44. The lowest BCUT2D eigenvalue weighted by atomic mass is 9.99. The molecule has 1 aliphatic rings. The maximum atomic E-state index is 13.7. The van der Waals surface area contributed by atoms with E-state index < -0.39 is 0 Å². The first-order chi connectivity index (χ1) is 9.13. The first-order valence-electron chi connectivity index (χ1n) is 6.57. The number of thioether (sulfide) groups is 1. The van der Waals surface area contributed by atoms with Crippen molar-refractivity contribution in [3.63, 3.8) is 0 Å². The standard InChI is InChI=1S/C14H18BrFN2S/c1-3-9(4-2)13-8-17-14(19-13)18-12-7-10(15)5-6-11(12)16/h5-7,9,13H,3-4,8H2,1-2H3,(H,17,18). The minimum Gasteiger partial charge on any atom is -0.333 e. The molecule has 1 aliphatic heterocycles. The fourth-order valence-corrected chi connectivity index (χ4v) is 3.92. The van der Waals surface area contributed by atoms with Gasteiger partial charge in [-0.15, -0.1) is 0 Å². The molecule has 0 fully saturated rings. The Hall–Kier alpha value is -0.550. The van der Waals surface area contributed by atoms with Crippen LogP contribution in [0.4, 0.5) is 10.1 Å². The van der Waals surface area contributed by atoms with Crippen LogP contribution in [-0.2, 0) is 0 Å². The molecule has 2 nitrogen and oxygen atoms in total. The summed E-state index contributed by atoms with van der Waals surface area (Å²) in [5.41, 5.74) is 0.478. The van der Waals surface area contributed by atoms with E-state index in [2.05, 4.69) is 40.1 Å². The molecule has 0 aromatic heterocycles. The molecule has 0 saturated heterocycles. The van der Waals surface area contributed by atoms with Crippen molar-refractivity contribution in [1.82, 2.24) is 0 Å². The van der Waals surface area contributed by atoms with Crippen LogP contribution in [0.2, 0.25) is 0 Å². The van der Waals surface area contributed by atoms with E-state index in [0.717, 1.165) is 16.2 Å². The summed E-state index contributed by atoms with van der Waals surface area (Å²) in [6.07, 6.45) is 2.34. The Kier molecular flexibility index (Phi) is 5.28. The molecule has 1 aromatic carbocycles. The first kappa shape index (κ1) is 14.9. The van der Waals surface area contributed by atoms with Gasteiger partial charge in [0, 0.05) is 9.72 Å². The lowest BCUT2D eigenvalue weighted by Crippen LogP contribution is -2.17. The van der Waals surface area contributed by atoms with Crippen molar-refractivity contribution < 1.29 is 4.39 Å². The van der Waals surface area contributed by atoms with Gasteiger partial charge in [-0.05, 0) is 24.1 Å². The monoisotopic (exact) mass is 344 g/mol. The number of halogens is 2. The number of rotatable bonds is 4. The minimum atomic E-state index is -0.252. The zero-order valence-electron chi connectivity index (χ0n) is 11.1. The van der Waals surface area contributed by atoms with Crippen LogP contribution in [0.25, 0.3) is 0 Å². The highest BCUT2D eigenvalue weighted by Crippen LogP contribution is 2.32. The number of aliphatic imine (C=N–C) groups is 1. The maximum Gasteiger partial charge on any atom is 0.161 e. The number of nitrogens with one attached hydrogen (secondary N) is 1. The summed E-state index contributed by atoms with van der Waals surface area (Å²) in [7, 11) is 0. The van der Waals surface area contributed by atoms with E-state index in [1.165, 1.54) is 18.9 Å². The summed E-state index contributed by atoms with van der Waals surface area (Å²) in [6.45, 7) is 5.26. The molecule has 1 heterocycles. The van der Waals surface area contributed by atoms with Gasteiger partial charge in [-0.3, -0.25) is 4.99 Å². The Labute approximate surface area is 126 Å². The van der Waals surface area contributed by atoms with E-state index in [4.69, 9.17) is 0 Å². The van der Waals surface area contributed by atoms with E-state index in [0.29, 0.717) is 16.9 Å². The molecule has 0 bridgehead atoms. The lowest BCUT2D eigenvalue weighted by Gasteiger charge is -2.18. The molecule has 104 valence electrons. The molecule has 0 amide bonds. The quantitative estimate of drug-likeness (QED) is 0.839. The molecule has 0 radical (unpaired) electrons. The third-order valence-corrected chi connectivity index (χ3v) is 5.21. The average Bonchev–Trinajstić information content (AvgIpc) is 2.84. The van der Waals surface area contributed by atoms with E-state index in [-0.39, 0.29) is 5.82 Å². The number of hydrogen-bond donors (Lipinski definition) is 1. The Morgan fingerprint density at radius 2 is 2.21 bits per heavy atom. The Bertz CT molecular complexity index is 475. The molecule has 2 rings (SSSR count). The SMILES string of the molecule is CCC(CC)C1CN=C(Nc2cc(Br)ccc2F)S1. The molecule has 1 atom stereocenters. The van der Waals surface area contributed by atoms with Gasteiger partial charge in [-0.1, -0.05) is 54.4 Å². The van der Waals surface area contributed by atoms with Crippen molar-refractivity contribution in [3.8, 4) is 0 Å². The summed E-state index contributed by atoms with van der Waals surface area (Å²) in [5.74, 6) is 0.429. The van der Waals surface area contributed by atoms with E-state index in [1.807, 2.05) is 0 Å². The van der Waals surface area contributed by atoms with Crippen molar-refractivity contribution in [2.24, 2.45) is 10.9 Å². The predicted octanol–water partition coefficient (Wildman–Crippen LogP) is 4.91. The first-order valence-corrected chi connectivity index (χ1v) is 8.24. The average molecular weight is 345 g/mol. The van der Waals surface area contributed by atoms with Crippen LogP contribution in [0.1, 0.15) is 26.7 Å². The summed E-state index contributed by atoms with van der Waals surface area (Å²) in [4.78, 5) is 4.49. The van der Waals surface area contributed by atoms with E-state index in [9.17, 15) is 4.39 Å². The van der Waals surface area contributed by atoms with Crippen LogP contribution in [0, 0.1) is 11.7 Å². The van der Waals surface area contributed by atoms with Crippen molar-refractivity contribution >= 4 is 38.5 Å². The van der Waals surface area contributed by atoms with Gasteiger partial charge in [-0.25, -0.2) is 4.39 Å². The smallest absolute Gasteiger partial charge is 0.161 e. The third kappa shape index (κ3) is 3.72. The van der Waals surface area contributed by atoms with Crippen LogP contribution in [0.15, 0.2) is 27.7 Å². The maximum absolute atomic E-state index is 13.7. The Balaban J connectivity index is 2.00. The minimum absolute atomic E-state index is 0.252. The largest absolute Gasteiger partial charge is 0.333 e. The third-order valence-electron chi connectivity index (χ3n) is 3.42. The molecular formula is C14H18BrFN2S. The fraction of sp³-hybridized carbons (Fsp3) is 0.500. The van der Waals surface area contributed by atoms with Crippen LogP contribution < -0.4 is 5.32 Å². The molecular weight excluding hydrogens is 327 g/mol. The number of benzene rings is 1. The number of anilines is 1. The van der Waals surface area contributed by atoms with Crippen molar-refractivity contribution in [1.29, 1.82) is 0 Å². The Morgan fingerprint density at radius 1 is 1.47 bits per heavy atom. The highest BCUT2D eigenvalue weighted by Gasteiger charge is 2.26. The fourth-order valence-electron chi connectivity index (χ4n) is 2.23. The van der Waals surface area contributed by atoms with E-state index in [1.54, 1.807) is 23.9 Å². The number of hydrogen-bond acceptors (Lipinski definition) is 3. The van der Waals surface area contributed by atoms with Gasteiger partial charge in [0.1, 0.15) is 5.82 Å². The van der Waals surface area contributed by atoms with Gasteiger partial charge in [0.05, 0.1) is 12.2 Å². The summed E-state index contributed by atoms with van der Waals surface area (Å²) in [6, 6.07) is 4.88. The van der Waals surface area contributed by atoms with Gasteiger partial charge in [0.15, 0.2) is 5.17 Å². The van der Waals surface area contributed by atoms with Crippen LogP contribution in [0.5, 0.6) is 0 Å². The van der Waals surface area contributed by atoms with Gasteiger partial charge in [0.2, 0.25) is 0 Å². The normalized spacial score (nSPS) is 18.8. The molecule has 0 spiro atoms. The summed E-state index contributed by atoms with van der Waals surface area (Å²) >= 11 is 5.08. The molecule has 19 heavy (non-hydrogen) atoms. The summed E-state index contributed by atoms with van der Waals surface area (Å²) < 4.78 is 14.5. The van der Waals surface area contributed by atoms with Gasteiger partial charge >= 0.3 is 0 Å². The predicted molar refractivity (Wildman–Crippen MR) is 85.5 cm³/mol. The molecule has 1 aromatic rings. The Morgan fingerprint density at radius 3 is 2.89 bits per heavy atom. The number of nitrogens with zero attached hydrogens (tertiary/aromatic N) is 1. The highest BCUT2D eigenvalue weighted by atomic mass is 79.9. The second-order valence-electron chi connectivity index (χ2n) is 4.63. The molecule has 1 N–H and O–H groups in total. The van der Waals surface area contributed by atoms with Crippen molar-refractivity contribution in [2.45, 2.75) is 31.9 Å². The van der Waals surface area contributed by atoms with Gasteiger partial charge in [-0.2, -0.15) is 0 Å². The van der Waals surface area contributed by atoms with Crippen molar-refractivity contribution in [3.05, 3.63) is 28.5 Å². The van der Waals surface area contributed by atoms with E-state index >= 15 is 0 Å². The highest BCUT2D eigenvalue weighted by molar-refractivity contribution is 9.10. The van der Waals surface area contributed by atoms with Gasteiger partial charge < -0.3 is 5.32 Å². The van der Waals surface area contributed by atoms with Crippen LogP contribution >= 0.6 is 27.7 Å². The molecule has 0 saturated carbocycles. The second kappa shape index (κ2) is 6.75. The zero-order valence-corrected chi connectivity index (χ0v) is 13.5. The second-order valence-corrected chi connectivity index (χ2v) is 6.77. The van der Waals surface area contributed by atoms with Gasteiger partial charge in [0.25, 0.3) is 0 Å².